The summed E-state index contributed by atoms with van der Waals surface area (Å²) in [5.41, 5.74) is 3.34. The molecule has 0 amide bonds. The average molecular weight is 311 g/mol. The van der Waals surface area contributed by atoms with Gasteiger partial charge in [-0.1, -0.05) is 0 Å². The fourth-order valence-electron chi connectivity index (χ4n) is 2.63. The number of halogens is 2. The van der Waals surface area contributed by atoms with E-state index in [0.29, 0.717) is 0 Å². The van der Waals surface area contributed by atoms with Crippen LogP contribution in [0.2, 0.25) is 0 Å². The van der Waals surface area contributed by atoms with Gasteiger partial charge in [-0.3, -0.25) is 9.97 Å². The molecular weight excluding hydrogens is 300 g/mol. The quantitative estimate of drug-likeness (QED) is 0.611. The van der Waals surface area contributed by atoms with Crippen molar-refractivity contribution in [3.8, 4) is 17.0 Å². The first-order valence-electron chi connectivity index (χ1n) is 6.97. The summed E-state index contributed by atoms with van der Waals surface area (Å²) in [5, 5.41) is 1.71. The summed E-state index contributed by atoms with van der Waals surface area (Å²) in [4.78, 5) is 11.7. The van der Waals surface area contributed by atoms with E-state index in [1.54, 1.807) is 30.7 Å². The van der Waals surface area contributed by atoms with Gasteiger partial charge < -0.3 is 9.72 Å². The lowest BCUT2D eigenvalue weighted by Gasteiger charge is -2.04. The molecule has 1 N–H and O–H groups in total. The third-order valence-corrected chi connectivity index (χ3v) is 3.64. The SMILES string of the molecule is FC(F)Oc1ccc2[nH]c3cnc(-c4cccnc4)cc3c2c1. The van der Waals surface area contributed by atoms with E-state index < -0.39 is 6.61 Å². The molecule has 6 heteroatoms. The van der Waals surface area contributed by atoms with Crippen LogP contribution in [0.25, 0.3) is 33.1 Å². The lowest BCUT2D eigenvalue weighted by Crippen LogP contribution is -2.01. The van der Waals surface area contributed by atoms with Gasteiger partial charge in [0.2, 0.25) is 0 Å². The Balaban J connectivity index is 1.90. The van der Waals surface area contributed by atoms with Gasteiger partial charge in [-0.2, -0.15) is 8.78 Å². The van der Waals surface area contributed by atoms with Gasteiger partial charge in [-0.15, -0.1) is 0 Å². The highest BCUT2D eigenvalue weighted by Gasteiger charge is 2.10. The highest BCUT2D eigenvalue weighted by molar-refractivity contribution is 6.08. The zero-order chi connectivity index (χ0) is 15.8. The van der Waals surface area contributed by atoms with E-state index in [1.165, 1.54) is 6.07 Å². The Morgan fingerprint density at radius 2 is 1.87 bits per heavy atom. The second-order valence-electron chi connectivity index (χ2n) is 5.07. The Labute approximate surface area is 129 Å². The zero-order valence-corrected chi connectivity index (χ0v) is 11.8. The van der Waals surface area contributed by atoms with E-state index in [-0.39, 0.29) is 5.75 Å². The first kappa shape index (κ1) is 13.6. The Morgan fingerprint density at radius 3 is 2.65 bits per heavy atom. The van der Waals surface area contributed by atoms with Crippen LogP contribution in [0.4, 0.5) is 8.78 Å². The number of aromatic amines is 1. The number of ether oxygens (including phenoxy) is 1. The highest BCUT2D eigenvalue weighted by atomic mass is 19.3. The standard InChI is InChI=1S/C17H11F2N3O/c18-17(19)23-11-3-4-14-12(6-11)13-7-15(21-9-16(13)22-14)10-2-1-5-20-8-10/h1-9,17,22H. The van der Waals surface area contributed by atoms with Crippen LogP contribution >= 0.6 is 0 Å². The largest absolute Gasteiger partial charge is 0.435 e. The van der Waals surface area contributed by atoms with Crippen LogP contribution in [-0.2, 0) is 0 Å². The number of aromatic nitrogens is 3. The van der Waals surface area contributed by atoms with Crippen LogP contribution < -0.4 is 4.74 Å². The normalized spacial score (nSPS) is 11.4. The second-order valence-corrected chi connectivity index (χ2v) is 5.07. The maximum Gasteiger partial charge on any atom is 0.387 e. The van der Waals surface area contributed by atoms with Gasteiger partial charge in [0.25, 0.3) is 0 Å². The van der Waals surface area contributed by atoms with Crippen molar-refractivity contribution in [1.29, 1.82) is 0 Å². The second kappa shape index (κ2) is 5.31. The van der Waals surface area contributed by atoms with Crippen molar-refractivity contribution >= 4 is 21.8 Å². The average Bonchev–Trinajstić information content (AvgIpc) is 2.92. The van der Waals surface area contributed by atoms with E-state index in [2.05, 4.69) is 19.7 Å². The summed E-state index contributed by atoms with van der Waals surface area (Å²) in [5.74, 6) is 0.133. The summed E-state index contributed by atoms with van der Waals surface area (Å²) in [7, 11) is 0. The molecule has 4 nitrogen and oxygen atoms in total. The number of fused-ring (bicyclic) bond motifs is 3. The number of nitrogens with zero attached hydrogens (tertiary/aromatic N) is 2. The molecular formula is C17H11F2N3O. The van der Waals surface area contributed by atoms with Crippen molar-refractivity contribution in [1.82, 2.24) is 15.0 Å². The predicted molar refractivity (Wildman–Crippen MR) is 83.5 cm³/mol. The van der Waals surface area contributed by atoms with Crippen molar-refractivity contribution < 1.29 is 13.5 Å². The topological polar surface area (TPSA) is 50.8 Å². The van der Waals surface area contributed by atoms with E-state index in [4.69, 9.17) is 0 Å². The van der Waals surface area contributed by atoms with Crippen LogP contribution in [0.15, 0.2) is 55.0 Å². The van der Waals surface area contributed by atoms with Crippen LogP contribution in [0.3, 0.4) is 0 Å². The minimum Gasteiger partial charge on any atom is -0.435 e. The predicted octanol–water partition coefficient (Wildman–Crippen LogP) is 4.38. The van der Waals surface area contributed by atoms with Crippen molar-refractivity contribution in [2.24, 2.45) is 0 Å². The van der Waals surface area contributed by atoms with Crippen LogP contribution in [-0.4, -0.2) is 21.6 Å². The fraction of sp³-hybridized carbons (Fsp3) is 0.0588. The molecule has 1 aromatic carbocycles. The maximum atomic E-state index is 12.4. The van der Waals surface area contributed by atoms with Gasteiger partial charge in [0.15, 0.2) is 0 Å². The van der Waals surface area contributed by atoms with Crippen molar-refractivity contribution in [2.75, 3.05) is 0 Å². The number of pyridine rings is 2. The molecule has 0 radical (unpaired) electrons. The molecule has 0 spiro atoms. The van der Waals surface area contributed by atoms with E-state index >= 15 is 0 Å². The minimum absolute atomic E-state index is 0.133. The van der Waals surface area contributed by atoms with Gasteiger partial charge in [0.05, 0.1) is 17.4 Å². The summed E-state index contributed by atoms with van der Waals surface area (Å²) in [6.07, 6.45) is 5.15. The number of H-pyrrole nitrogens is 1. The van der Waals surface area contributed by atoms with Gasteiger partial charge in [0, 0.05) is 34.2 Å². The summed E-state index contributed by atoms with van der Waals surface area (Å²) in [6, 6.07) is 10.5. The minimum atomic E-state index is -2.84. The molecule has 4 aromatic rings. The molecule has 114 valence electrons. The summed E-state index contributed by atoms with van der Waals surface area (Å²) < 4.78 is 29.3. The first-order valence-corrected chi connectivity index (χ1v) is 6.97. The molecule has 0 bridgehead atoms. The molecule has 0 saturated carbocycles. The lowest BCUT2D eigenvalue weighted by atomic mass is 10.1. The summed E-state index contributed by atoms with van der Waals surface area (Å²) >= 11 is 0. The molecule has 0 atom stereocenters. The van der Waals surface area contributed by atoms with E-state index in [0.717, 1.165) is 33.1 Å². The van der Waals surface area contributed by atoms with Gasteiger partial charge in [-0.25, -0.2) is 0 Å². The van der Waals surface area contributed by atoms with Crippen LogP contribution in [0, 0.1) is 0 Å². The Kier molecular flexibility index (Phi) is 3.15. The number of hydrogen-bond donors (Lipinski definition) is 1. The fourth-order valence-corrected chi connectivity index (χ4v) is 2.63. The summed E-state index contributed by atoms with van der Waals surface area (Å²) in [6.45, 7) is -2.84. The maximum absolute atomic E-state index is 12.4. The molecule has 0 fully saturated rings. The van der Waals surface area contributed by atoms with Crippen LogP contribution in [0.1, 0.15) is 0 Å². The highest BCUT2D eigenvalue weighted by Crippen LogP contribution is 2.31. The third kappa shape index (κ3) is 2.48. The molecule has 3 aromatic heterocycles. The molecule has 0 aliphatic heterocycles. The molecule has 0 saturated heterocycles. The van der Waals surface area contributed by atoms with Crippen molar-refractivity contribution in [3.63, 3.8) is 0 Å². The van der Waals surface area contributed by atoms with Crippen molar-refractivity contribution in [3.05, 3.63) is 55.0 Å². The molecule has 0 unspecified atom stereocenters. The number of nitrogens with one attached hydrogen (secondary N) is 1. The Hall–Kier alpha value is -3.02. The van der Waals surface area contributed by atoms with Gasteiger partial charge >= 0.3 is 6.61 Å². The van der Waals surface area contributed by atoms with Gasteiger partial charge in [0.1, 0.15) is 5.75 Å². The number of rotatable bonds is 3. The van der Waals surface area contributed by atoms with E-state index in [1.807, 2.05) is 18.2 Å². The smallest absolute Gasteiger partial charge is 0.387 e. The molecule has 4 rings (SSSR count). The number of hydrogen-bond acceptors (Lipinski definition) is 3. The Bertz CT molecular complexity index is 983. The monoisotopic (exact) mass is 311 g/mol. The van der Waals surface area contributed by atoms with E-state index in [9.17, 15) is 8.78 Å². The number of benzene rings is 1. The molecule has 3 heterocycles. The zero-order valence-electron chi connectivity index (χ0n) is 11.8. The molecule has 0 aliphatic carbocycles. The van der Waals surface area contributed by atoms with Crippen molar-refractivity contribution in [2.45, 2.75) is 6.61 Å². The molecule has 0 aliphatic rings. The molecule has 23 heavy (non-hydrogen) atoms. The lowest BCUT2D eigenvalue weighted by molar-refractivity contribution is -0.0497. The first-order chi connectivity index (χ1) is 11.2. The third-order valence-electron chi connectivity index (χ3n) is 3.64. The number of alkyl halides is 2. The van der Waals surface area contributed by atoms with Gasteiger partial charge in [-0.05, 0) is 36.4 Å². The Morgan fingerprint density at radius 1 is 1.00 bits per heavy atom. The van der Waals surface area contributed by atoms with Crippen LogP contribution in [0.5, 0.6) is 5.75 Å².